The molecule has 0 saturated carbocycles. The predicted molar refractivity (Wildman–Crippen MR) is 106 cm³/mol. The number of pyridine rings is 1. The lowest BCUT2D eigenvalue weighted by atomic mass is 10.0. The van der Waals surface area contributed by atoms with Crippen molar-refractivity contribution in [1.82, 2.24) is 4.98 Å². The Morgan fingerprint density at radius 3 is 2.56 bits per heavy atom. The third-order valence-corrected chi connectivity index (χ3v) is 4.74. The summed E-state index contributed by atoms with van der Waals surface area (Å²) in [4.78, 5) is 18.8. The van der Waals surface area contributed by atoms with Gasteiger partial charge in [0.05, 0.1) is 11.2 Å². The maximum Gasteiger partial charge on any atom is 0.269 e. The Morgan fingerprint density at radius 2 is 1.67 bits per heavy atom. The van der Waals surface area contributed by atoms with E-state index in [-0.39, 0.29) is 12.5 Å². The first-order valence-electron chi connectivity index (χ1n) is 8.80. The van der Waals surface area contributed by atoms with Gasteiger partial charge in [0, 0.05) is 22.8 Å². The third kappa shape index (κ3) is 2.72. The van der Waals surface area contributed by atoms with Crippen molar-refractivity contribution in [2.75, 3.05) is 11.5 Å². The monoisotopic (exact) mass is 352 g/mol. The molecule has 4 aromatic rings. The summed E-state index contributed by atoms with van der Waals surface area (Å²) >= 11 is 0. The van der Waals surface area contributed by atoms with Crippen molar-refractivity contribution in [3.05, 3.63) is 85.1 Å². The molecular formula is C23H16N2O2. The Kier molecular flexibility index (Phi) is 3.61. The molecule has 4 heteroatoms. The Labute approximate surface area is 156 Å². The maximum absolute atomic E-state index is 12.6. The van der Waals surface area contributed by atoms with Gasteiger partial charge in [-0.15, -0.1) is 0 Å². The molecule has 1 aliphatic rings. The summed E-state index contributed by atoms with van der Waals surface area (Å²) in [7, 11) is 0. The van der Waals surface area contributed by atoms with Crippen molar-refractivity contribution < 1.29 is 9.53 Å². The predicted octanol–water partition coefficient (Wildman–Crippen LogP) is 4.96. The van der Waals surface area contributed by atoms with Crippen LogP contribution < -0.4 is 9.64 Å². The summed E-state index contributed by atoms with van der Waals surface area (Å²) in [6.07, 6.45) is 1.86. The molecule has 2 heterocycles. The van der Waals surface area contributed by atoms with Crippen LogP contribution in [-0.4, -0.2) is 17.5 Å². The van der Waals surface area contributed by atoms with E-state index >= 15 is 0 Å². The number of hydrogen-bond acceptors (Lipinski definition) is 3. The Bertz CT molecular complexity index is 1160. The number of hydrogen-bond donors (Lipinski definition) is 0. The van der Waals surface area contributed by atoms with Crippen LogP contribution in [0.5, 0.6) is 5.75 Å². The topological polar surface area (TPSA) is 42.4 Å². The van der Waals surface area contributed by atoms with Gasteiger partial charge in [-0.2, -0.15) is 0 Å². The van der Waals surface area contributed by atoms with E-state index in [1.165, 1.54) is 0 Å². The van der Waals surface area contributed by atoms with E-state index in [1.807, 2.05) is 79.0 Å². The highest BCUT2D eigenvalue weighted by atomic mass is 16.5. The molecule has 0 unspecified atom stereocenters. The average Bonchev–Trinajstić information content (AvgIpc) is 2.73. The summed E-state index contributed by atoms with van der Waals surface area (Å²) in [5, 5.41) is 1.08. The Balaban J connectivity index is 1.64. The normalized spacial score (nSPS) is 13.3. The molecule has 0 fully saturated rings. The molecule has 0 aliphatic carbocycles. The number of para-hydroxylation sites is 2. The molecule has 3 aromatic carbocycles. The molecule has 130 valence electrons. The molecule has 0 bridgehead atoms. The minimum atomic E-state index is -0.0810. The molecule has 0 atom stereocenters. The van der Waals surface area contributed by atoms with Crippen LogP contribution in [0.1, 0.15) is 0 Å². The van der Waals surface area contributed by atoms with E-state index in [0.717, 1.165) is 33.4 Å². The lowest BCUT2D eigenvalue weighted by molar-refractivity contribution is -0.120. The summed E-state index contributed by atoms with van der Waals surface area (Å²) in [5.41, 5.74) is 4.54. The number of rotatable bonds is 2. The maximum atomic E-state index is 12.6. The van der Waals surface area contributed by atoms with Crippen LogP contribution in [0.3, 0.4) is 0 Å². The van der Waals surface area contributed by atoms with Crippen LogP contribution >= 0.6 is 0 Å². The van der Waals surface area contributed by atoms with Crippen molar-refractivity contribution in [3.8, 4) is 16.9 Å². The minimum absolute atomic E-state index is 0.0404. The number of carbonyl (C=O) groups is 1. The number of aromatic nitrogens is 1. The first-order chi connectivity index (χ1) is 13.3. The van der Waals surface area contributed by atoms with Crippen LogP contribution in [0.25, 0.3) is 22.0 Å². The van der Waals surface area contributed by atoms with Crippen LogP contribution in [0.4, 0.5) is 11.4 Å². The number of fused-ring (bicyclic) bond motifs is 2. The second-order valence-electron chi connectivity index (χ2n) is 6.45. The van der Waals surface area contributed by atoms with Gasteiger partial charge in [-0.25, -0.2) is 0 Å². The van der Waals surface area contributed by atoms with Crippen LogP contribution in [0.2, 0.25) is 0 Å². The summed E-state index contributed by atoms with van der Waals surface area (Å²) in [5.74, 6) is 0.624. The first kappa shape index (κ1) is 15.6. The quantitative estimate of drug-likeness (QED) is 0.512. The second kappa shape index (κ2) is 6.25. The largest absolute Gasteiger partial charge is 0.482 e. The van der Waals surface area contributed by atoms with Crippen LogP contribution in [-0.2, 0) is 4.79 Å². The Hall–Kier alpha value is -3.66. The van der Waals surface area contributed by atoms with Gasteiger partial charge in [-0.05, 0) is 42.0 Å². The fraction of sp³-hybridized carbons (Fsp3) is 0.0435. The average molecular weight is 352 g/mol. The van der Waals surface area contributed by atoms with Gasteiger partial charge in [0.25, 0.3) is 5.91 Å². The van der Waals surface area contributed by atoms with Crippen LogP contribution in [0.15, 0.2) is 85.1 Å². The standard InChI is InChI=1S/C23H16N2O2/c26-23-15-27-22-11-10-16(13-21(22)25(23)19-7-2-1-3-8-19)18-12-17-6-4-5-9-20(17)24-14-18/h1-14H,15H2. The molecule has 0 radical (unpaired) electrons. The van der Waals surface area contributed by atoms with Crippen molar-refractivity contribution in [1.29, 1.82) is 0 Å². The number of ether oxygens (including phenoxy) is 1. The van der Waals surface area contributed by atoms with E-state index in [1.54, 1.807) is 4.90 Å². The Morgan fingerprint density at radius 1 is 0.852 bits per heavy atom. The van der Waals surface area contributed by atoms with Crippen molar-refractivity contribution >= 4 is 28.2 Å². The smallest absolute Gasteiger partial charge is 0.269 e. The SMILES string of the molecule is O=C1COc2ccc(-c3cnc4ccccc4c3)cc2N1c1ccccc1. The molecule has 0 N–H and O–H groups in total. The fourth-order valence-electron chi connectivity index (χ4n) is 3.42. The highest BCUT2D eigenvalue weighted by Crippen LogP contribution is 2.40. The molecule has 5 rings (SSSR count). The number of carbonyl (C=O) groups excluding carboxylic acids is 1. The molecule has 4 nitrogen and oxygen atoms in total. The molecule has 27 heavy (non-hydrogen) atoms. The molecule has 1 aromatic heterocycles. The second-order valence-corrected chi connectivity index (χ2v) is 6.45. The van der Waals surface area contributed by atoms with Gasteiger partial charge in [0.15, 0.2) is 6.61 Å². The number of anilines is 2. The number of benzene rings is 3. The lowest BCUT2D eigenvalue weighted by Gasteiger charge is -2.29. The zero-order valence-corrected chi connectivity index (χ0v) is 14.5. The van der Waals surface area contributed by atoms with Gasteiger partial charge in [-0.3, -0.25) is 14.7 Å². The van der Waals surface area contributed by atoms with Gasteiger partial charge in [0.2, 0.25) is 0 Å². The highest BCUT2D eigenvalue weighted by molar-refractivity contribution is 6.05. The number of amides is 1. The summed E-state index contributed by atoms with van der Waals surface area (Å²) < 4.78 is 5.64. The van der Waals surface area contributed by atoms with Crippen molar-refractivity contribution in [2.45, 2.75) is 0 Å². The fourth-order valence-corrected chi connectivity index (χ4v) is 3.42. The molecule has 0 spiro atoms. The zero-order chi connectivity index (χ0) is 18.2. The highest BCUT2D eigenvalue weighted by Gasteiger charge is 2.27. The molecule has 1 amide bonds. The summed E-state index contributed by atoms with van der Waals surface area (Å²) in [6, 6.07) is 25.7. The van der Waals surface area contributed by atoms with E-state index < -0.39 is 0 Å². The number of nitrogens with zero attached hydrogens (tertiary/aromatic N) is 2. The van der Waals surface area contributed by atoms with E-state index in [2.05, 4.69) is 11.1 Å². The van der Waals surface area contributed by atoms with Gasteiger partial charge < -0.3 is 4.74 Å². The van der Waals surface area contributed by atoms with Gasteiger partial charge in [0.1, 0.15) is 5.75 Å². The van der Waals surface area contributed by atoms with E-state index in [0.29, 0.717) is 5.75 Å². The molecular weight excluding hydrogens is 336 g/mol. The van der Waals surface area contributed by atoms with Gasteiger partial charge in [-0.1, -0.05) is 42.5 Å². The van der Waals surface area contributed by atoms with E-state index in [4.69, 9.17) is 4.74 Å². The van der Waals surface area contributed by atoms with Crippen molar-refractivity contribution in [2.24, 2.45) is 0 Å². The van der Waals surface area contributed by atoms with Crippen LogP contribution in [0, 0.1) is 0 Å². The zero-order valence-electron chi connectivity index (χ0n) is 14.5. The molecule has 1 aliphatic heterocycles. The third-order valence-electron chi connectivity index (χ3n) is 4.74. The van der Waals surface area contributed by atoms with Gasteiger partial charge >= 0.3 is 0 Å². The molecule has 0 saturated heterocycles. The van der Waals surface area contributed by atoms with Crippen molar-refractivity contribution in [3.63, 3.8) is 0 Å². The lowest BCUT2D eigenvalue weighted by Crippen LogP contribution is -2.35. The minimum Gasteiger partial charge on any atom is -0.482 e. The summed E-state index contributed by atoms with van der Waals surface area (Å²) in [6.45, 7) is 0.0404. The van der Waals surface area contributed by atoms with E-state index in [9.17, 15) is 4.79 Å². The first-order valence-corrected chi connectivity index (χ1v) is 8.80.